The average molecular weight is 626 g/mol. The van der Waals surface area contributed by atoms with Gasteiger partial charge < -0.3 is 10.4 Å². The molecule has 2 fully saturated rings. The molecule has 2 amide bonds. The Hall–Kier alpha value is -4.36. The number of anilines is 2. The average Bonchev–Trinajstić information content (AvgIpc) is 3.49. The van der Waals surface area contributed by atoms with Crippen LogP contribution in [-0.2, 0) is 4.79 Å². The summed E-state index contributed by atoms with van der Waals surface area (Å²) in [6.45, 7) is 5.85. The molecule has 14 heteroatoms. The molecule has 4 heterocycles. The number of carbonyl (C=O) groups is 2. The zero-order chi connectivity index (χ0) is 31.4. The number of benzene rings is 1. The topological polar surface area (TPSA) is 126 Å². The normalized spacial score (nSPS) is 18.8. The highest BCUT2D eigenvalue weighted by Crippen LogP contribution is 2.47. The van der Waals surface area contributed by atoms with Gasteiger partial charge in [0.05, 0.1) is 46.6 Å². The maximum Gasteiger partial charge on any atom is 0.276 e. The Kier molecular flexibility index (Phi) is 7.62. The number of hydrogen-bond acceptors (Lipinski definition) is 7. The van der Waals surface area contributed by atoms with Crippen LogP contribution in [-0.4, -0.2) is 48.2 Å². The van der Waals surface area contributed by atoms with Gasteiger partial charge in [0, 0.05) is 36.0 Å². The van der Waals surface area contributed by atoms with Crippen LogP contribution in [0.15, 0.2) is 43.0 Å². The number of aromatic nitrogens is 5. The molecular formula is C30H27ClF3N7O3. The number of fused-ring (bicyclic) bond motifs is 1. The number of nitrogens with zero attached hydrogens (tertiary/aromatic N) is 6. The lowest BCUT2D eigenvalue weighted by atomic mass is 10.0. The van der Waals surface area contributed by atoms with Crippen LogP contribution in [0.4, 0.5) is 24.7 Å². The largest absolute Gasteiger partial charge is 0.387 e. The van der Waals surface area contributed by atoms with Crippen molar-refractivity contribution in [2.24, 2.45) is 11.8 Å². The second-order valence-corrected chi connectivity index (χ2v) is 11.5. The van der Waals surface area contributed by atoms with Crippen LogP contribution in [0.25, 0.3) is 11.3 Å². The second kappa shape index (κ2) is 11.3. The highest BCUT2D eigenvalue weighted by molar-refractivity contribution is 6.31. The Morgan fingerprint density at radius 1 is 1.18 bits per heavy atom. The number of carbonyl (C=O) groups excluding carboxylic acids is 2. The number of nitrogens with one attached hydrogen (secondary N) is 1. The summed E-state index contributed by atoms with van der Waals surface area (Å²) in [6.07, 6.45) is 2.34. The standard InChI is InChI=1S/C30H27ClF3N7O3/c1-13-6-16(8-36-28(13)40-11-17-7-20(17)30(40)44)14(2)41-12-18(9-37-41)38-29(43)26-25(15(3)42)35-10-22(39-26)23-19(27(33)34)4-5-21(31)24(23)32/h4-6,8-10,12,14-15,17,20,27,42H,7,11H2,1-3H3,(H,38,43)/t14?,15?,17-,20-/m1/s1. The molecule has 2 N–H and O–H groups in total. The first-order chi connectivity index (χ1) is 20.9. The predicted molar refractivity (Wildman–Crippen MR) is 155 cm³/mol. The van der Waals surface area contributed by atoms with Crippen LogP contribution in [0.3, 0.4) is 0 Å². The number of aryl methyl sites for hydroxylation is 1. The van der Waals surface area contributed by atoms with E-state index in [1.807, 2.05) is 19.9 Å². The lowest BCUT2D eigenvalue weighted by molar-refractivity contribution is -0.118. The minimum Gasteiger partial charge on any atom is -0.387 e. The maximum absolute atomic E-state index is 14.9. The molecule has 1 saturated carbocycles. The van der Waals surface area contributed by atoms with Crippen LogP contribution < -0.4 is 10.2 Å². The number of pyridine rings is 1. The molecule has 1 aliphatic heterocycles. The zero-order valence-corrected chi connectivity index (χ0v) is 24.6. The maximum atomic E-state index is 14.9. The van der Waals surface area contributed by atoms with Gasteiger partial charge in [-0.2, -0.15) is 5.10 Å². The number of hydrogen-bond donors (Lipinski definition) is 2. The third-order valence-electron chi connectivity index (χ3n) is 8.02. The monoisotopic (exact) mass is 625 g/mol. The van der Waals surface area contributed by atoms with Crippen molar-refractivity contribution in [1.82, 2.24) is 24.7 Å². The van der Waals surface area contributed by atoms with Gasteiger partial charge in [0.25, 0.3) is 12.3 Å². The van der Waals surface area contributed by atoms with Crippen LogP contribution in [0.5, 0.6) is 0 Å². The van der Waals surface area contributed by atoms with E-state index >= 15 is 0 Å². The fourth-order valence-corrected chi connectivity index (χ4v) is 5.68. The van der Waals surface area contributed by atoms with Crippen LogP contribution >= 0.6 is 11.6 Å². The lowest BCUT2D eigenvalue weighted by Gasteiger charge is -2.21. The van der Waals surface area contributed by atoms with E-state index in [1.165, 1.54) is 13.1 Å². The van der Waals surface area contributed by atoms with Crippen molar-refractivity contribution in [3.8, 4) is 11.3 Å². The van der Waals surface area contributed by atoms with E-state index in [2.05, 4.69) is 25.4 Å². The Morgan fingerprint density at radius 2 is 1.95 bits per heavy atom. The smallest absolute Gasteiger partial charge is 0.276 e. The van der Waals surface area contributed by atoms with Crippen molar-refractivity contribution in [1.29, 1.82) is 0 Å². The molecule has 44 heavy (non-hydrogen) atoms. The molecule has 6 rings (SSSR count). The minimum atomic E-state index is -3.05. The third kappa shape index (κ3) is 5.30. The number of rotatable bonds is 8. The number of aliphatic hydroxyl groups is 1. The molecular weight excluding hydrogens is 599 g/mol. The molecule has 1 aliphatic carbocycles. The molecule has 3 aromatic heterocycles. The summed E-state index contributed by atoms with van der Waals surface area (Å²) in [5, 5.41) is 16.8. The van der Waals surface area contributed by atoms with Crippen molar-refractivity contribution in [3.05, 3.63) is 81.9 Å². The molecule has 1 aromatic carbocycles. The van der Waals surface area contributed by atoms with E-state index < -0.39 is 40.4 Å². The third-order valence-corrected chi connectivity index (χ3v) is 8.31. The van der Waals surface area contributed by atoms with E-state index in [-0.39, 0.29) is 40.6 Å². The van der Waals surface area contributed by atoms with E-state index in [4.69, 9.17) is 11.6 Å². The van der Waals surface area contributed by atoms with Gasteiger partial charge in [0.2, 0.25) is 5.91 Å². The SMILES string of the molecule is Cc1cc(C(C)n2cc(NC(=O)c3nc(-c4c(C(F)F)ccc(Cl)c4F)cnc3C(C)O)cn2)cnc1N1C[C@H]2C[C@H]2C1=O. The van der Waals surface area contributed by atoms with Crippen LogP contribution in [0.2, 0.25) is 5.02 Å². The van der Waals surface area contributed by atoms with Crippen LogP contribution in [0.1, 0.15) is 71.7 Å². The minimum absolute atomic E-state index is 0.125. The summed E-state index contributed by atoms with van der Waals surface area (Å²) in [6, 6.07) is 3.64. The van der Waals surface area contributed by atoms with Crippen molar-refractivity contribution >= 4 is 34.9 Å². The number of amides is 2. The summed E-state index contributed by atoms with van der Waals surface area (Å²) < 4.78 is 43.9. The molecule has 2 aliphatic rings. The fourth-order valence-electron chi connectivity index (χ4n) is 5.52. The second-order valence-electron chi connectivity index (χ2n) is 11.1. The van der Waals surface area contributed by atoms with Crippen molar-refractivity contribution in [2.75, 3.05) is 16.8 Å². The molecule has 228 valence electrons. The number of piperidine rings is 1. The molecule has 0 bridgehead atoms. The van der Waals surface area contributed by atoms with E-state index in [1.54, 1.807) is 22.0 Å². The first-order valence-corrected chi connectivity index (χ1v) is 14.3. The van der Waals surface area contributed by atoms with Gasteiger partial charge in [-0.15, -0.1) is 0 Å². The molecule has 1 saturated heterocycles. The zero-order valence-electron chi connectivity index (χ0n) is 23.8. The van der Waals surface area contributed by atoms with Crippen molar-refractivity contribution < 1.29 is 27.9 Å². The highest BCUT2D eigenvalue weighted by atomic mass is 35.5. The number of aliphatic hydroxyl groups excluding tert-OH is 1. The highest BCUT2D eigenvalue weighted by Gasteiger charge is 2.53. The van der Waals surface area contributed by atoms with Gasteiger partial charge in [-0.3, -0.25) is 24.2 Å². The Balaban J connectivity index is 1.24. The molecule has 2 unspecified atom stereocenters. The van der Waals surface area contributed by atoms with Gasteiger partial charge >= 0.3 is 0 Å². The van der Waals surface area contributed by atoms with Crippen molar-refractivity contribution in [3.63, 3.8) is 0 Å². The number of alkyl halides is 2. The molecule has 4 aromatic rings. The summed E-state index contributed by atoms with van der Waals surface area (Å²) in [4.78, 5) is 40.3. The van der Waals surface area contributed by atoms with Gasteiger partial charge in [-0.1, -0.05) is 17.7 Å². The van der Waals surface area contributed by atoms with Gasteiger partial charge in [-0.05, 0) is 56.4 Å². The molecule has 10 nitrogen and oxygen atoms in total. The summed E-state index contributed by atoms with van der Waals surface area (Å²) in [5.41, 5.74) is -0.167. The number of halogens is 4. The van der Waals surface area contributed by atoms with Crippen LogP contribution in [0, 0.1) is 24.6 Å². The van der Waals surface area contributed by atoms with Crippen molar-refractivity contribution in [2.45, 2.75) is 45.8 Å². The Morgan fingerprint density at radius 3 is 2.61 bits per heavy atom. The predicted octanol–water partition coefficient (Wildman–Crippen LogP) is 5.67. The molecule has 0 spiro atoms. The molecule has 4 atom stereocenters. The summed E-state index contributed by atoms with van der Waals surface area (Å²) in [7, 11) is 0. The van der Waals surface area contributed by atoms with Gasteiger partial charge in [0.1, 0.15) is 5.82 Å². The van der Waals surface area contributed by atoms with E-state index in [9.17, 15) is 27.9 Å². The molecule has 0 radical (unpaired) electrons. The van der Waals surface area contributed by atoms with E-state index in [0.717, 1.165) is 35.9 Å². The Bertz CT molecular complexity index is 1800. The summed E-state index contributed by atoms with van der Waals surface area (Å²) >= 11 is 5.85. The van der Waals surface area contributed by atoms with E-state index in [0.29, 0.717) is 18.3 Å². The fraction of sp³-hybridized carbons (Fsp3) is 0.333. The summed E-state index contributed by atoms with van der Waals surface area (Å²) in [5.74, 6) is -0.614. The Labute approximate surface area is 254 Å². The van der Waals surface area contributed by atoms with Gasteiger partial charge in [0.15, 0.2) is 11.5 Å². The first-order valence-electron chi connectivity index (χ1n) is 13.9. The van der Waals surface area contributed by atoms with Gasteiger partial charge in [-0.25, -0.2) is 23.1 Å². The lowest BCUT2D eigenvalue weighted by Crippen LogP contribution is -2.29. The quantitative estimate of drug-likeness (QED) is 0.258. The first kappa shape index (κ1) is 29.7.